The molecule has 0 saturated heterocycles. The Morgan fingerprint density at radius 2 is 2.25 bits per heavy atom. The molecule has 0 amide bonds. The molecule has 1 aromatic heterocycles. The maximum atomic E-state index is 11.3. The fourth-order valence-corrected chi connectivity index (χ4v) is 1.10. The van der Waals surface area contributed by atoms with E-state index in [1.165, 1.54) is 12.3 Å². The Kier molecular flexibility index (Phi) is 5.05. The number of esters is 1. The van der Waals surface area contributed by atoms with Gasteiger partial charge in [0.05, 0.1) is 19.3 Å². The van der Waals surface area contributed by atoms with Gasteiger partial charge in [0.2, 0.25) is 0 Å². The van der Waals surface area contributed by atoms with Crippen molar-refractivity contribution in [1.29, 1.82) is 0 Å². The topological polar surface area (TPSA) is 56.5 Å². The van der Waals surface area contributed by atoms with E-state index in [9.17, 15) is 9.59 Å². The average Bonchev–Trinajstić information content (AvgIpc) is 2.77. The zero-order valence-corrected chi connectivity index (χ0v) is 9.14. The molecule has 16 heavy (non-hydrogen) atoms. The van der Waals surface area contributed by atoms with Gasteiger partial charge in [-0.3, -0.25) is 9.59 Å². The first kappa shape index (κ1) is 12.2. The van der Waals surface area contributed by atoms with Gasteiger partial charge >= 0.3 is 5.97 Å². The van der Waals surface area contributed by atoms with Crippen LogP contribution in [0.2, 0.25) is 0 Å². The molecule has 0 spiro atoms. The molecule has 0 aromatic carbocycles. The van der Waals surface area contributed by atoms with Gasteiger partial charge in [-0.25, -0.2) is 0 Å². The average molecular weight is 222 g/mol. The summed E-state index contributed by atoms with van der Waals surface area (Å²) in [6.45, 7) is 2.08. The summed E-state index contributed by atoms with van der Waals surface area (Å²) in [6, 6.07) is 3.48. The summed E-state index contributed by atoms with van der Waals surface area (Å²) >= 11 is 0. The largest absolute Gasteiger partial charge is 0.466 e. The molecule has 0 aliphatic rings. The highest BCUT2D eigenvalue weighted by Gasteiger charge is 2.04. The van der Waals surface area contributed by atoms with Crippen LogP contribution < -0.4 is 0 Å². The van der Waals surface area contributed by atoms with Crippen molar-refractivity contribution < 1.29 is 18.7 Å². The molecule has 0 aliphatic carbocycles. The van der Waals surface area contributed by atoms with Crippen molar-refractivity contribution in [2.24, 2.45) is 0 Å². The van der Waals surface area contributed by atoms with E-state index in [1.54, 1.807) is 25.1 Å². The third-order valence-electron chi connectivity index (χ3n) is 1.86. The van der Waals surface area contributed by atoms with Crippen LogP contribution in [0.15, 0.2) is 28.9 Å². The van der Waals surface area contributed by atoms with Crippen molar-refractivity contribution in [2.45, 2.75) is 19.8 Å². The van der Waals surface area contributed by atoms with Crippen LogP contribution in [0.4, 0.5) is 0 Å². The number of rotatable bonds is 6. The van der Waals surface area contributed by atoms with Gasteiger partial charge in [0.1, 0.15) is 5.76 Å². The van der Waals surface area contributed by atoms with E-state index in [1.807, 2.05) is 0 Å². The molecule has 4 heteroatoms. The third-order valence-corrected chi connectivity index (χ3v) is 1.86. The zero-order valence-electron chi connectivity index (χ0n) is 9.14. The number of hydrogen-bond acceptors (Lipinski definition) is 4. The van der Waals surface area contributed by atoms with Crippen LogP contribution in [0, 0.1) is 0 Å². The first-order valence-electron chi connectivity index (χ1n) is 5.12. The number of carbonyl (C=O) groups is 2. The zero-order chi connectivity index (χ0) is 11.8. The van der Waals surface area contributed by atoms with Crippen LogP contribution >= 0.6 is 0 Å². The molecular formula is C12H14O4. The number of hydrogen-bond donors (Lipinski definition) is 0. The van der Waals surface area contributed by atoms with E-state index in [2.05, 4.69) is 0 Å². The van der Waals surface area contributed by atoms with Crippen LogP contribution in [0.5, 0.6) is 0 Å². The normalized spacial score (nSPS) is 10.6. The molecule has 1 aromatic rings. The molecule has 0 unspecified atom stereocenters. The van der Waals surface area contributed by atoms with Crippen molar-refractivity contribution in [3.05, 3.63) is 30.2 Å². The van der Waals surface area contributed by atoms with E-state index < -0.39 is 0 Å². The van der Waals surface area contributed by atoms with Crippen LogP contribution in [0.1, 0.15) is 25.5 Å². The maximum Gasteiger partial charge on any atom is 0.306 e. The van der Waals surface area contributed by atoms with E-state index >= 15 is 0 Å². The molecule has 0 atom stereocenters. The summed E-state index contributed by atoms with van der Waals surface area (Å²) in [5.41, 5.74) is 0. The lowest BCUT2D eigenvalue weighted by molar-refractivity contribution is -0.144. The summed E-state index contributed by atoms with van der Waals surface area (Å²) in [7, 11) is 0. The van der Waals surface area contributed by atoms with Crippen LogP contribution in [-0.4, -0.2) is 18.4 Å². The standard InChI is InChI=1S/C12H14O4/c1-2-15-12(14)8-6-10(13)5-7-11-4-3-9-16-11/h3-5,7,9H,2,6,8H2,1H3/b7-5+. The first-order chi connectivity index (χ1) is 7.72. The summed E-state index contributed by atoms with van der Waals surface area (Å²) in [5, 5.41) is 0. The predicted octanol–water partition coefficient (Wildman–Crippen LogP) is 2.21. The molecule has 4 nitrogen and oxygen atoms in total. The van der Waals surface area contributed by atoms with Crippen LogP contribution in [0.3, 0.4) is 0 Å². The maximum absolute atomic E-state index is 11.3. The monoisotopic (exact) mass is 222 g/mol. The molecule has 1 heterocycles. The van der Waals surface area contributed by atoms with E-state index in [0.29, 0.717) is 12.4 Å². The minimum absolute atomic E-state index is 0.120. The second kappa shape index (κ2) is 6.61. The van der Waals surface area contributed by atoms with Gasteiger partial charge in [0, 0.05) is 6.42 Å². The molecule has 1 rings (SSSR count). The highest BCUT2D eigenvalue weighted by atomic mass is 16.5. The second-order valence-corrected chi connectivity index (χ2v) is 3.12. The Balaban J connectivity index is 2.28. The molecule has 86 valence electrons. The second-order valence-electron chi connectivity index (χ2n) is 3.12. The van der Waals surface area contributed by atoms with Gasteiger partial charge in [-0.15, -0.1) is 0 Å². The fourth-order valence-electron chi connectivity index (χ4n) is 1.10. The molecule has 0 fully saturated rings. The Hall–Kier alpha value is -1.84. The summed E-state index contributed by atoms with van der Waals surface area (Å²) in [6.07, 6.45) is 4.79. The Bertz CT molecular complexity index is 362. The lowest BCUT2D eigenvalue weighted by Crippen LogP contribution is -2.06. The Labute approximate surface area is 93.9 Å². The fraction of sp³-hybridized carbons (Fsp3) is 0.333. The first-order valence-corrected chi connectivity index (χ1v) is 5.12. The number of ether oxygens (including phenoxy) is 1. The van der Waals surface area contributed by atoms with Gasteiger partial charge in [-0.2, -0.15) is 0 Å². The van der Waals surface area contributed by atoms with E-state index in [0.717, 1.165) is 0 Å². The minimum atomic E-state index is -0.345. The minimum Gasteiger partial charge on any atom is -0.466 e. The number of ketones is 1. The Morgan fingerprint density at radius 3 is 2.88 bits per heavy atom. The molecule has 0 radical (unpaired) electrons. The third kappa shape index (κ3) is 4.59. The quantitative estimate of drug-likeness (QED) is 0.547. The molecule has 0 saturated carbocycles. The van der Waals surface area contributed by atoms with Gasteiger partial charge in [-0.05, 0) is 31.2 Å². The van der Waals surface area contributed by atoms with Gasteiger partial charge in [0.15, 0.2) is 5.78 Å². The number of furan rings is 1. The Morgan fingerprint density at radius 1 is 1.44 bits per heavy atom. The summed E-state index contributed by atoms with van der Waals surface area (Å²) < 4.78 is 9.73. The van der Waals surface area contributed by atoms with Crippen molar-refractivity contribution in [2.75, 3.05) is 6.61 Å². The highest BCUT2D eigenvalue weighted by molar-refractivity contribution is 5.94. The number of carbonyl (C=O) groups excluding carboxylic acids is 2. The summed E-state index contributed by atoms with van der Waals surface area (Å²) in [4.78, 5) is 22.3. The molecule has 0 bridgehead atoms. The van der Waals surface area contributed by atoms with E-state index in [4.69, 9.17) is 9.15 Å². The van der Waals surface area contributed by atoms with Crippen molar-refractivity contribution in [3.8, 4) is 0 Å². The van der Waals surface area contributed by atoms with Crippen molar-refractivity contribution in [3.63, 3.8) is 0 Å². The SMILES string of the molecule is CCOC(=O)CCC(=O)/C=C/c1ccco1. The van der Waals surface area contributed by atoms with Crippen molar-refractivity contribution in [1.82, 2.24) is 0 Å². The molecule has 0 N–H and O–H groups in total. The van der Waals surface area contributed by atoms with Gasteiger partial charge in [0.25, 0.3) is 0 Å². The number of allylic oxidation sites excluding steroid dienone is 1. The highest BCUT2D eigenvalue weighted by Crippen LogP contribution is 2.03. The van der Waals surface area contributed by atoms with Crippen LogP contribution in [-0.2, 0) is 14.3 Å². The molecular weight excluding hydrogens is 208 g/mol. The van der Waals surface area contributed by atoms with Gasteiger partial charge < -0.3 is 9.15 Å². The lowest BCUT2D eigenvalue weighted by Gasteiger charge is -1.98. The predicted molar refractivity (Wildman–Crippen MR) is 58.6 cm³/mol. The van der Waals surface area contributed by atoms with Crippen molar-refractivity contribution >= 4 is 17.8 Å². The van der Waals surface area contributed by atoms with Crippen LogP contribution in [0.25, 0.3) is 6.08 Å². The van der Waals surface area contributed by atoms with Gasteiger partial charge in [-0.1, -0.05) is 0 Å². The molecule has 0 aliphatic heterocycles. The summed E-state index contributed by atoms with van der Waals surface area (Å²) in [5.74, 6) is 0.149. The lowest BCUT2D eigenvalue weighted by atomic mass is 10.2. The smallest absolute Gasteiger partial charge is 0.306 e. The van der Waals surface area contributed by atoms with E-state index in [-0.39, 0.29) is 24.6 Å².